The Labute approximate surface area is 158 Å². The number of ketones is 1. The largest absolute Gasteiger partial charge is 0.494 e. The Bertz CT molecular complexity index is 904. The predicted octanol–water partition coefficient (Wildman–Crippen LogP) is 2.52. The molecule has 7 nitrogen and oxygen atoms in total. The van der Waals surface area contributed by atoms with Gasteiger partial charge in [0, 0.05) is 12.6 Å². The van der Waals surface area contributed by atoms with Gasteiger partial charge in [0.15, 0.2) is 12.4 Å². The van der Waals surface area contributed by atoms with E-state index in [1.165, 1.54) is 31.3 Å². The van der Waals surface area contributed by atoms with Gasteiger partial charge in [0.25, 0.3) is 0 Å². The van der Waals surface area contributed by atoms with E-state index >= 15 is 0 Å². The summed E-state index contributed by atoms with van der Waals surface area (Å²) in [6.07, 6.45) is 1.09. The standard InChI is InChI=1S/C19H21NO6S/c1-4-25-17-11-7-15(8-12-17)19(22)26-13-18(21)14-5-9-16(10-6-14)20(2)27(3,23)24/h5-12H,4,13H2,1-3H3. The number of benzene rings is 2. The van der Waals surface area contributed by atoms with E-state index in [2.05, 4.69) is 0 Å². The van der Waals surface area contributed by atoms with E-state index in [-0.39, 0.29) is 5.78 Å². The van der Waals surface area contributed by atoms with E-state index < -0.39 is 22.6 Å². The van der Waals surface area contributed by atoms with Crippen LogP contribution in [0.4, 0.5) is 5.69 Å². The summed E-state index contributed by atoms with van der Waals surface area (Å²) in [4.78, 5) is 24.2. The molecular formula is C19H21NO6S. The molecular weight excluding hydrogens is 370 g/mol. The first-order chi connectivity index (χ1) is 12.7. The molecule has 0 saturated carbocycles. The molecule has 0 fully saturated rings. The average molecular weight is 391 g/mol. The number of esters is 1. The highest BCUT2D eigenvalue weighted by molar-refractivity contribution is 7.92. The van der Waals surface area contributed by atoms with Crippen LogP contribution < -0.4 is 9.04 Å². The Morgan fingerprint density at radius 3 is 2.04 bits per heavy atom. The minimum Gasteiger partial charge on any atom is -0.494 e. The van der Waals surface area contributed by atoms with Gasteiger partial charge < -0.3 is 9.47 Å². The van der Waals surface area contributed by atoms with Crippen LogP contribution in [0.1, 0.15) is 27.6 Å². The molecule has 0 aliphatic carbocycles. The number of carbonyl (C=O) groups is 2. The second-order valence-electron chi connectivity index (χ2n) is 5.73. The summed E-state index contributed by atoms with van der Waals surface area (Å²) in [5.74, 6) is -0.355. The molecule has 0 spiro atoms. The second-order valence-corrected chi connectivity index (χ2v) is 7.75. The molecule has 0 N–H and O–H groups in total. The van der Waals surface area contributed by atoms with Crippen LogP contribution in [0.25, 0.3) is 0 Å². The van der Waals surface area contributed by atoms with E-state index in [0.717, 1.165) is 10.6 Å². The number of anilines is 1. The topological polar surface area (TPSA) is 90.0 Å². The Balaban J connectivity index is 1.96. The molecule has 0 unspecified atom stereocenters. The van der Waals surface area contributed by atoms with Crippen LogP contribution in [0.2, 0.25) is 0 Å². The van der Waals surface area contributed by atoms with Gasteiger partial charge in [-0.1, -0.05) is 0 Å². The third kappa shape index (κ3) is 5.55. The number of sulfonamides is 1. The summed E-state index contributed by atoms with van der Waals surface area (Å²) >= 11 is 0. The first-order valence-electron chi connectivity index (χ1n) is 8.19. The number of nitrogens with zero attached hydrogens (tertiary/aromatic N) is 1. The Kier molecular flexibility index (Phi) is 6.57. The monoisotopic (exact) mass is 391 g/mol. The van der Waals surface area contributed by atoms with Crippen LogP contribution in [0.3, 0.4) is 0 Å². The summed E-state index contributed by atoms with van der Waals surface area (Å²) in [6, 6.07) is 12.4. The molecule has 0 heterocycles. The van der Waals surface area contributed by atoms with Gasteiger partial charge in [-0.2, -0.15) is 0 Å². The minimum atomic E-state index is -3.38. The summed E-state index contributed by atoms with van der Waals surface area (Å²) < 4.78 is 34.5. The maximum absolute atomic E-state index is 12.2. The van der Waals surface area contributed by atoms with Crippen molar-refractivity contribution in [1.29, 1.82) is 0 Å². The predicted molar refractivity (Wildman–Crippen MR) is 102 cm³/mol. The minimum absolute atomic E-state index is 0.316. The van der Waals surface area contributed by atoms with E-state index in [1.54, 1.807) is 24.3 Å². The molecule has 0 radical (unpaired) electrons. The third-order valence-electron chi connectivity index (χ3n) is 3.79. The average Bonchev–Trinajstić information content (AvgIpc) is 2.65. The Hall–Kier alpha value is -2.87. The summed E-state index contributed by atoms with van der Waals surface area (Å²) in [5, 5.41) is 0. The van der Waals surface area contributed by atoms with E-state index in [9.17, 15) is 18.0 Å². The van der Waals surface area contributed by atoms with Crippen LogP contribution >= 0.6 is 0 Å². The summed E-state index contributed by atoms with van der Waals surface area (Å²) in [5.41, 5.74) is 1.07. The molecule has 8 heteroatoms. The van der Waals surface area contributed by atoms with Crippen LogP contribution in [-0.4, -0.2) is 46.7 Å². The summed E-state index contributed by atoms with van der Waals surface area (Å²) in [7, 11) is -1.96. The van der Waals surface area contributed by atoms with Crippen LogP contribution in [0.5, 0.6) is 5.75 Å². The maximum atomic E-state index is 12.2. The number of hydrogen-bond acceptors (Lipinski definition) is 6. The van der Waals surface area contributed by atoms with Crippen molar-refractivity contribution in [3.63, 3.8) is 0 Å². The smallest absolute Gasteiger partial charge is 0.338 e. The molecule has 0 bridgehead atoms. The normalized spacial score (nSPS) is 10.9. The van der Waals surface area contributed by atoms with Crippen molar-refractivity contribution in [1.82, 2.24) is 0 Å². The third-order valence-corrected chi connectivity index (χ3v) is 4.99. The van der Waals surface area contributed by atoms with Crippen LogP contribution in [-0.2, 0) is 14.8 Å². The molecule has 144 valence electrons. The fourth-order valence-electron chi connectivity index (χ4n) is 2.20. The second kappa shape index (κ2) is 8.68. The maximum Gasteiger partial charge on any atom is 0.338 e. The van der Waals surface area contributed by atoms with Crippen molar-refractivity contribution in [3.05, 3.63) is 59.7 Å². The highest BCUT2D eigenvalue weighted by Crippen LogP contribution is 2.17. The molecule has 2 aromatic carbocycles. The molecule has 0 saturated heterocycles. The molecule has 2 rings (SSSR count). The van der Waals surface area contributed by atoms with E-state index in [4.69, 9.17) is 9.47 Å². The Morgan fingerprint density at radius 1 is 0.963 bits per heavy atom. The zero-order valence-electron chi connectivity index (χ0n) is 15.3. The van der Waals surface area contributed by atoms with Crippen molar-refractivity contribution in [3.8, 4) is 5.75 Å². The first kappa shape index (κ1) is 20.4. The quantitative estimate of drug-likeness (QED) is 0.507. The molecule has 2 aromatic rings. The SMILES string of the molecule is CCOc1ccc(C(=O)OCC(=O)c2ccc(N(C)S(C)(=O)=O)cc2)cc1. The fraction of sp³-hybridized carbons (Fsp3) is 0.263. The van der Waals surface area contributed by atoms with Gasteiger partial charge in [0.1, 0.15) is 5.75 Å². The molecule has 0 aliphatic rings. The Morgan fingerprint density at radius 2 is 1.52 bits per heavy atom. The van der Waals surface area contributed by atoms with Crippen molar-refractivity contribution in [2.75, 3.05) is 30.8 Å². The van der Waals surface area contributed by atoms with Gasteiger partial charge in [-0.15, -0.1) is 0 Å². The zero-order chi connectivity index (χ0) is 20.0. The van der Waals surface area contributed by atoms with E-state index in [0.29, 0.717) is 29.2 Å². The number of Topliss-reactive ketones (excluding diaryl/α,β-unsaturated/α-hetero) is 1. The van der Waals surface area contributed by atoms with Crippen molar-refractivity contribution in [2.45, 2.75) is 6.92 Å². The molecule has 0 aromatic heterocycles. The summed E-state index contributed by atoms with van der Waals surface area (Å²) in [6.45, 7) is 1.98. The molecule has 0 aliphatic heterocycles. The highest BCUT2D eigenvalue weighted by Gasteiger charge is 2.15. The first-order valence-corrected chi connectivity index (χ1v) is 10.0. The lowest BCUT2D eigenvalue weighted by Crippen LogP contribution is -2.24. The van der Waals surface area contributed by atoms with Crippen molar-refractivity contribution < 1.29 is 27.5 Å². The molecule has 0 atom stereocenters. The highest BCUT2D eigenvalue weighted by atomic mass is 32.2. The number of ether oxygens (including phenoxy) is 2. The fourth-order valence-corrected chi connectivity index (χ4v) is 2.71. The number of rotatable bonds is 8. The van der Waals surface area contributed by atoms with E-state index in [1.807, 2.05) is 6.92 Å². The molecule has 0 amide bonds. The van der Waals surface area contributed by atoms with Gasteiger partial charge in [0.05, 0.1) is 24.1 Å². The van der Waals surface area contributed by atoms with Crippen LogP contribution in [0.15, 0.2) is 48.5 Å². The van der Waals surface area contributed by atoms with Gasteiger partial charge >= 0.3 is 5.97 Å². The van der Waals surface area contributed by atoms with Crippen LogP contribution in [0, 0.1) is 0 Å². The van der Waals surface area contributed by atoms with Gasteiger partial charge in [-0.3, -0.25) is 9.10 Å². The lowest BCUT2D eigenvalue weighted by molar-refractivity contribution is 0.0474. The van der Waals surface area contributed by atoms with Gasteiger partial charge in [-0.25, -0.2) is 13.2 Å². The lowest BCUT2D eigenvalue weighted by Gasteiger charge is -2.16. The van der Waals surface area contributed by atoms with Gasteiger partial charge in [0.2, 0.25) is 10.0 Å². The lowest BCUT2D eigenvalue weighted by atomic mass is 10.1. The van der Waals surface area contributed by atoms with Crippen molar-refractivity contribution >= 4 is 27.5 Å². The van der Waals surface area contributed by atoms with Crippen molar-refractivity contribution in [2.24, 2.45) is 0 Å². The molecule has 27 heavy (non-hydrogen) atoms. The van der Waals surface area contributed by atoms with Gasteiger partial charge in [-0.05, 0) is 55.5 Å². The zero-order valence-corrected chi connectivity index (χ0v) is 16.2. The number of carbonyl (C=O) groups excluding carboxylic acids is 2. The number of hydrogen-bond donors (Lipinski definition) is 0.